The zero-order valence-corrected chi connectivity index (χ0v) is 10.1. The Bertz CT molecular complexity index is 109. The molecule has 0 heterocycles. The Morgan fingerprint density at radius 1 is 1.90 bits per heavy atom. The van der Waals surface area contributed by atoms with Gasteiger partial charge in [-0.2, -0.15) is 5.26 Å². The molecule has 0 amide bonds. The van der Waals surface area contributed by atoms with Crippen molar-refractivity contribution < 1.29 is 61.3 Å². The SMILES string of the molecule is CCSC#N.[CH2-]C(=O)O.[K+]. The van der Waals surface area contributed by atoms with Crippen LogP contribution in [-0.2, 0) is 4.79 Å². The van der Waals surface area contributed by atoms with E-state index in [1.807, 2.05) is 12.3 Å². The minimum Gasteiger partial charge on any atom is -0.503 e. The number of hydrogen-bond donors (Lipinski definition) is 1. The molecule has 0 spiro atoms. The van der Waals surface area contributed by atoms with Gasteiger partial charge in [-0.25, -0.2) is 0 Å². The van der Waals surface area contributed by atoms with E-state index in [1.54, 1.807) is 0 Å². The molecule has 0 aromatic rings. The van der Waals surface area contributed by atoms with Crippen LogP contribution in [0.2, 0.25) is 0 Å². The van der Waals surface area contributed by atoms with Gasteiger partial charge in [-0.1, -0.05) is 6.92 Å². The number of nitriles is 1. The zero-order chi connectivity index (χ0) is 7.70. The van der Waals surface area contributed by atoms with Gasteiger partial charge in [0.05, 0.1) is 0 Å². The van der Waals surface area contributed by atoms with Crippen molar-refractivity contribution in [3.63, 3.8) is 0 Å². The number of thiocyanates is 1. The fourth-order valence-electron chi connectivity index (χ4n) is 0.0645. The molecule has 1 N–H and O–H groups in total. The average molecular weight is 185 g/mol. The van der Waals surface area contributed by atoms with E-state index >= 15 is 0 Å². The predicted molar refractivity (Wildman–Crippen MR) is 36.7 cm³/mol. The van der Waals surface area contributed by atoms with Crippen molar-refractivity contribution in [3.05, 3.63) is 6.92 Å². The van der Waals surface area contributed by atoms with Crippen LogP contribution < -0.4 is 51.4 Å². The number of thioether (sulfide) groups is 1. The van der Waals surface area contributed by atoms with Gasteiger partial charge in [0.15, 0.2) is 5.97 Å². The van der Waals surface area contributed by atoms with Crippen molar-refractivity contribution in [2.24, 2.45) is 0 Å². The summed E-state index contributed by atoms with van der Waals surface area (Å²) in [5.74, 6) is -0.184. The van der Waals surface area contributed by atoms with Crippen molar-refractivity contribution in [1.29, 1.82) is 5.26 Å². The summed E-state index contributed by atoms with van der Waals surface area (Å²) in [6, 6.07) is 0. The first-order valence-electron chi connectivity index (χ1n) is 2.20. The molecule has 5 heteroatoms. The molecule has 0 aliphatic heterocycles. The fraction of sp³-hybridized carbons (Fsp3) is 0.400. The van der Waals surface area contributed by atoms with E-state index in [1.165, 1.54) is 11.8 Å². The third kappa shape index (κ3) is 67.9. The smallest absolute Gasteiger partial charge is 0.503 e. The molecule has 0 atom stereocenters. The Kier molecular flexibility index (Phi) is 28.0. The summed E-state index contributed by atoms with van der Waals surface area (Å²) in [6.45, 7) is 4.51. The second-order valence-corrected chi connectivity index (χ2v) is 1.97. The third-order valence-corrected chi connectivity index (χ3v) is 0.627. The molecular formula is C5H8KNO2S. The summed E-state index contributed by atoms with van der Waals surface area (Å²) in [6.07, 6.45) is 0. The number of rotatable bonds is 1. The van der Waals surface area contributed by atoms with Gasteiger partial charge in [-0.15, -0.1) is 0 Å². The Morgan fingerprint density at radius 2 is 2.20 bits per heavy atom. The third-order valence-electron chi connectivity index (χ3n) is 0.209. The molecule has 0 rings (SSSR count). The summed E-state index contributed by atoms with van der Waals surface area (Å²) in [7, 11) is 0. The summed E-state index contributed by atoms with van der Waals surface area (Å²) < 4.78 is 0. The Balaban J connectivity index is -0.0000000910. The Morgan fingerprint density at radius 3 is 2.20 bits per heavy atom. The molecule has 0 aliphatic rings. The van der Waals surface area contributed by atoms with Gasteiger partial charge >= 0.3 is 51.4 Å². The summed E-state index contributed by atoms with van der Waals surface area (Å²) in [4.78, 5) is 8.89. The van der Waals surface area contributed by atoms with Gasteiger partial charge in [-0.05, 0) is 11.8 Å². The molecule has 0 saturated carbocycles. The second kappa shape index (κ2) is 16.4. The first kappa shape index (κ1) is 17.1. The largest absolute Gasteiger partial charge is 1.00 e. The molecular weight excluding hydrogens is 177 g/mol. The van der Waals surface area contributed by atoms with Crippen LogP contribution in [0.5, 0.6) is 0 Å². The minimum absolute atomic E-state index is 0. The van der Waals surface area contributed by atoms with Crippen molar-refractivity contribution in [2.45, 2.75) is 6.92 Å². The maximum Gasteiger partial charge on any atom is 1.00 e. The van der Waals surface area contributed by atoms with Crippen molar-refractivity contribution in [1.82, 2.24) is 0 Å². The molecule has 0 aliphatic carbocycles. The number of carbonyl (C=O) groups is 1. The van der Waals surface area contributed by atoms with Gasteiger partial charge in [0.1, 0.15) is 5.40 Å². The van der Waals surface area contributed by atoms with Crippen LogP contribution in [0.15, 0.2) is 0 Å². The first-order chi connectivity index (χ1) is 4.15. The van der Waals surface area contributed by atoms with Crippen molar-refractivity contribution in [3.8, 4) is 5.40 Å². The van der Waals surface area contributed by atoms with Crippen LogP contribution in [-0.4, -0.2) is 16.8 Å². The van der Waals surface area contributed by atoms with Crippen LogP contribution >= 0.6 is 11.8 Å². The summed E-state index contributed by atoms with van der Waals surface area (Å²) >= 11 is 1.27. The van der Waals surface area contributed by atoms with E-state index in [9.17, 15) is 0 Å². The van der Waals surface area contributed by atoms with Gasteiger partial charge in [0.25, 0.3) is 0 Å². The number of hydrogen-bond acceptors (Lipinski definition) is 3. The molecule has 0 fully saturated rings. The number of nitrogens with zero attached hydrogens (tertiary/aromatic N) is 1. The monoisotopic (exact) mass is 185 g/mol. The molecule has 10 heavy (non-hydrogen) atoms. The maximum absolute atomic E-state index is 8.89. The number of aliphatic carboxylic acids is 1. The maximum atomic E-state index is 8.89. The van der Waals surface area contributed by atoms with Gasteiger partial charge in [-0.3, -0.25) is 11.7 Å². The first-order valence-corrected chi connectivity index (χ1v) is 3.19. The zero-order valence-electron chi connectivity index (χ0n) is 6.13. The normalized spacial score (nSPS) is 5.60. The van der Waals surface area contributed by atoms with Crippen LogP contribution in [0.1, 0.15) is 6.92 Å². The average Bonchev–Trinajstić information content (AvgIpc) is 1.66. The molecule has 0 unspecified atom stereocenters. The van der Waals surface area contributed by atoms with Gasteiger partial charge in [0.2, 0.25) is 0 Å². The second-order valence-electron chi connectivity index (χ2n) is 0.918. The van der Waals surface area contributed by atoms with Crippen LogP contribution in [0.4, 0.5) is 0 Å². The topological polar surface area (TPSA) is 61.1 Å². The van der Waals surface area contributed by atoms with Crippen LogP contribution in [0, 0.1) is 17.6 Å². The van der Waals surface area contributed by atoms with Crippen molar-refractivity contribution >= 4 is 17.7 Å². The molecule has 0 saturated heterocycles. The predicted octanol–water partition coefficient (Wildman–Crippen LogP) is -1.87. The van der Waals surface area contributed by atoms with Gasteiger partial charge in [0, 0.05) is 5.75 Å². The summed E-state index contributed by atoms with van der Waals surface area (Å²) in [5.41, 5.74) is 0. The number of carboxylic acid groups (broad SMARTS) is 1. The van der Waals surface area contributed by atoms with E-state index in [0.29, 0.717) is 0 Å². The number of carboxylic acids is 1. The van der Waals surface area contributed by atoms with Crippen molar-refractivity contribution in [2.75, 3.05) is 5.75 Å². The van der Waals surface area contributed by atoms with E-state index < -0.39 is 5.97 Å². The molecule has 0 bridgehead atoms. The molecule has 0 aromatic carbocycles. The van der Waals surface area contributed by atoms with E-state index in [4.69, 9.17) is 15.2 Å². The van der Waals surface area contributed by atoms with Crippen LogP contribution in [0.3, 0.4) is 0 Å². The van der Waals surface area contributed by atoms with Gasteiger partial charge < -0.3 is 5.11 Å². The fourth-order valence-corrected chi connectivity index (χ4v) is 0.194. The summed E-state index contributed by atoms with van der Waals surface area (Å²) in [5, 5.41) is 17.0. The Hall–Kier alpha value is 0.816. The molecule has 3 nitrogen and oxygen atoms in total. The van der Waals surface area contributed by atoms with E-state index in [0.717, 1.165) is 5.75 Å². The van der Waals surface area contributed by atoms with E-state index in [2.05, 4.69) is 6.92 Å². The Labute approximate surface area is 108 Å². The molecule has 0 aromatic heterocycles. The quantitative estimate of drug-likeness (QED) is 0.295. The van der Waals surface area contributed by atoms with Crippen LogP contribution in [0.25, 0.3) is 0 Å². The minimum atomic E-state index is -1.08. The molecule has 0 radical (unpaired) electrons. The van der Waals surface area contributed by atoms with E-state index in [-0.39, 0.29) is 51.4 Å². The standard InChI is InChI=1S/C3H5NS.C2H3O2.K/c1-2-5-3-4;1-2(3)4;/h2H2,1H3;1H2,(H,3,4);/q;-1;+1. The molecule has 52 valence electrons.